The van der Waals surface area contributed by atoms with Gasteiger partial charge in [0.05, 0.1) is 0 Å². The summed E-state index contributed by atoms with van der Waals surface area (Å²) in [4.78, 5) is 0. The van der Waals surface area contributed by atoms with E-state index in [0.29, 0.717) is 6.92 Å². The van der Waals surface area contributed by atoms with Crippen LogP contribution in [-0.4, -0.2) is 17.6 Å². The van der Waals surface area contributed by atoms with Crippen molar-refractivity contribution in [3.05, 3.63) is 0 Å². The molecule has 7 heavy (non-hydrogen) atoms. The van der Waals surface area contributed by atoms with Crippen LogP contribution >= 0.6 is 12.4 Å². The van der Waals surface area contributed by atoms with Crippen LogP contribution in [0.2, 0.25) is 0 Å². The van der Waals surface area contributed by atoms with Gasteiger partial charge in [0.2, 0.25) is 0 Å². The second kappa shape index (κ2) is 3.16. The number of halogens is 3. The summed E-state index contributed by atoms with van der Waals surface area (Å²) < 4.78 is 22.4. The topological polar surface area (TPSA) is 20.2 Å². The fourth-order valence-electron chi connectivity index (χ4n) is 0. The second-order valence-corrected chi connectivity index (χ2v) is 1.23. The van der Waals surface area contributed by atoms with Gasteiger partial charge in [-0.15, -0.1) is 12.4 Å². The van der Waals surface area contributed by atoms with Gasteiger partial charge in [0.25, 0.3) is 5.92 Å². The lowest BCUT2D eigenvalue weighted by Gasteiger charge is -2.01. The van der Waals surface area contributed by atoms with Crippen molar-refractivity contribution >= 4 is 12.4 Å². The first kappa shape index (κ1) is 10.2. The molecule has 4 heteroatoms. The predicted octanol–water partition coefficient (Wildman–Crippen LogP) is 1.06. The van der Waals surface area contributed by atoms with Crippen LogP contribution in [0.25, 0.3) is 0 Å². The number of alkyl halides is 2. The maximum absolute atomic E-state index is 11.2. The molecule has 0 fully saturated rings. The number of hydrogen-bond donors (Lipinski definition) is 1. The zero-order valence-corrected chi connectivity index (χ0v) is 4.63. The van der Waals surface area contributed by atoms with Crippen LogP contribution in [-0.2, 0) is 0 Å². The van der Waals surface area contributed by atoms with Crippen molar-refractivity contribution in [2.24, 2.45) is 0 Å². The molecule has 0 unspecified atom stereocenters. The summed E-state index contributed by atoms with van der Waals surface area (Å²) in [7, 11) is 0. The summed E-state index contributed by atoms with van der Waals surface area (Å²) in [5.74, 6) is -2.90. The molecular weight excluding hydrogens is 125 g/mol. The van der Waals surface area contributed by atoms with Crippen LogP contribution in [0, 0.1) is 0 Å². The summed E-state index contributed by atoms with van der Waals surface area (Å²) in [5, 5.41) is 7.65. The summed E-state index contributed by atoms with van der Waals surface area (Å²) in [6.07, 6.45) is 0. The van der Waals surface area contributed by atoms with E-state index in [-0.39, 0.29) is 12.4 Å². The Morgan fingerprint density at radius 1 is 1.57 bits per heavy atom. The maximum Gasteiger partial charge on any atom is 0.267 e. The van der Waals surface area contributed by atoms with Gasteiger partial charge in [0, 0.05) is 6.92 Å². The molecule has 1 N–H and O–H groups in total. The highest BCUT2D eigenvalue weighted by atomic mass is 35.5. The van der Waals surface area contributed by atoms with E-state index in [4.69, 9.17) is 5.11 Å². The van der Waals surface area contributed by atoms with E-state index >= 15 is 0 Å². The Hall–Kier alpha value is 0.110. The average molecular weight is 133 g/mol. The van der Waals surface area contributed by atoms with Crippen molar-refractivity contribution in [3.8, 4) is 0 Å². The third-order valence-electron chi connectivity index (χ3n) is 0.278. The van der Waals surface area contributed by atoms with Crippen molar-refractivity contribution in [3.63, 3.8) is 0 Å². The molecule has 0 saturated carbocycles. The largest absolute Gasteiger partial charge is 0.390 e. The zero-order chi connectivity index (χ0) is 5.21. The summed E-state index contributed by atoms with van der Waals surface area (Å²) in [5.41, 5.74) is 0. The second-order valence-electron chi connectivity index (χ2n) is 1.23. The van der Waals surface area contributed by atoms with Gasteiger partial charge in [-0.25, -0.2) is 8.78 Å². The van der Waals surface area contributed by atoms with E-state index < -0.39 is 12.5 Å². The normalized spacial score (nSPS) is 10.3. The van der Waals surface area contributed by atoms with Crippen LogP contribution in [0.1, 0.15) is 6.92 Å². The highest BCUT2D eigenvalue weighted by molar-refractivity contribution is 5.85. The van der Waals surface area contributed by atoms with E-state index in [1.54, 1.807) is 0 Å². The SMILES string of the molecule is CC(F)(F)CO.Cl. The predicted molar refractivity (Wildman–Crippen MR) is 25.0 cm³/mol. The summed E-state index contributed by atoms with van der Waals surface area (Å²) >= 11 is 0. The van der Waals surface area contributed by atoms with Gasteiger partial charge in [-0.1, -0.05) is 0 Å². The molecule has 0 aromatic rings. The summed E-state index contributed by atoms with van der Waals surface area (Å²) in [6, 6.07) is 0. The minimum absolute atomic E-state index is 0. The average Bonchev–Trinajstić information content (AvgIpc) is 1.35. The minimum atomic E-state index is -2.90. The van der Waals surface area contributed by atoms with Gasteiger partial charge in [-0.3, -0.25) is 0 Å². The standard InChI is InChI=1S/C3H6F2O.ClH/c1-3(4,5)2-6;/h6H,2H2,1H3;1H. The molecule has 0 saturated heterocycles. The fourth-order valence-corrected chi connectivity index (χ4v) is 0. The van der Waals surface area contributed by atoms with Crippen LogP contribution in [0.4, 0.5) is 8.78 Å². The molecule has 0 spiro atoms. The Balaban J connectivity index is 0. The van der Waals surface area contributed by atoms with E-state index in [0.717, 1.165) is 0 Å². The van der Waals surface area contributed by atoms with Gasteiger partial charge in [-0.05, 0) is 0 Å². The first-order chi connectivity index (χ1) is 2.56. The Kier molecular flexibility index (Phi) is 4.58. The molecule has 0 aromatic heterocycles. The highest BCUT2D eigenvalue weighted by Gasteiger charge is 2.17. The lowest BCUT2D eigenvalue weighted by molar-refractivity contribution is -0.0322. The first-order valence-corrected chi connectivity index (χ1v) is 1.55. The van der Waals surface area contributed by atoms with Crippen LogP contribution in [0.15, 0.2) is 0 Å². The van der Waals surface area contributed by atoms with E-state index in [2.05, 4.69) is 0 Å². The molecule has 0 heterocycles. The Morgan fingerprint density at radius 2 is 1.71 bits per heavy atom. The molecule has 0 aliphatic carbocycles. The van der Waals surface area contributed by atoms with Gasteiger partial charge in [0.15, 0.2) is 0 Å². The highest BCUT2D eigenvalue weighted by Crippen LogP contribution is 2.07. The van der Waals surface area contributed by atoms with Crippen molar-refractivity contribution in [2.45, 2.75) is 12.8 Å². The van der Waals surface area contributed by atoms with Crippen molar-refractivity contribution in [1.82, 2.24) is 0 Å². The molecule has 0 bridgehead atoms. The third kappa shape index (κ3) is 10.7. The lowest BCUT2D eigenvalue weighted by atomic mass is 10.4. The third-order valence-corrected chi connectivity index (χ3v) is 0.278. The Labute approximate surface area is 46.7 Å². The Bertz CT molecular complexity index is 42.7. The van der Waals surface area contributed by atoms with Gasteiger partial charge >= 0.3 is 0 Å². The molecule has 0 aliphatic heterocycles. The van der Waals surface area contributed by atoms with Gasteiger partial charge in [-0.2, -0.15) is 0 Å². The lowest BCUT2D eigenvalue weighted by Crippen LogP contribution is -2.14. The fraction of sp³-hybridized carbons (Fsp3) is 1.00. The number of aliphatic hydroxyl groups excluding tert-OH is 1. The molecule has 0 aromatic carbocycles. The molecule has 0 amide bonds. The molecular formula is C3H7ClF2O. The van der Waals surface area contributed by atoms with E-state index in [1.165, 1.54) is 0 Å². The zero-order valence-electron chi connectivity index (χ0n) is 3.82. The van der Waals surface area contributed by atoms with Crippen LogP contribution < -0.4 is 0 Å². The van der Waals surface area contributed by atoms with E-state index in [9.17, 15) is 8.78 Å². The van der Waals surface area contributed by atoms with Crippen molar-refractivity contribution < 1.29 is 13.9 Å². The quantitative estimate of drug-likeness (QED) is 0.566. The van der Waals surface area contributed by atoms with Crippen molar-refractivity contribution in [2.75, 3.05) is 6.61 Å². The molecule has 0 aliphatic rings. The van der Waals surface area contributed by atoms with Crippen LogP contribution in [0.5, 0.6) is 0 Å². The molecule has 46 valence electrons. The minimum Gasteiger partial charge on any atom is -0.390 e. The number of hydrogen-bond acceptors (Lipinski definition) is 1. The molecule has 0 radical (unpaired) electrons. The maximum atomic E-state index is 11.2. The Morgan fingerprint density at radius 3 is 1.71 bits per heavy atom. The number of rotatable bonds is 1. The summed E-state index contributed by atoms with van der Waals surface area (Å²) in [6.45, 7) is -0.403. The van der Waals surface area contributed by atoms with E-state index in [1.807, 2.05) is 0 Å². The smallest absolute Gasteiger partial charge is 0.267 e. The monoisotopic (exact) mass is 132 g/mol. The molecule has 0 rings (SSSR count). The molecule has 1 nitrogen and oxygen atoms in total. The first-order valence-electron chi connectivity index (χ1n) is 1.55. The molecule has 0 atom stereocenters. The van der Waals surface area contributed by atoms with Crippen LogP contribution in [0.3, 0.4) is 0 Å². The number of aliphatic hydroxyl groups is 1. The van der Waals surface area contributed by atoms with Gasteiger partial charge < -0.3 is 5.11 Å². The van der Waals surface area contributed by atoms with Crippen molar-refractivity contribution in [1.29, 1.82) is 0 Å². The van der Waals surface area contributed by atoms with Gasteiger partial charge in [0.1, 0.15) is 6.61 Å².